The molecule has 0 spiro atoms. The number of halogens is 1. The molecular weight excluding hydrogens is 388 g/mol. The Morgan fingerprint density at radius 2 is 2.04 bits per heavy atom. The number of rotatable bonds is 4. The number of amides is 1. The lowest BCUT2D eigenvalue weighted by atomic mass is 10.1. The van der Waals surface area contributed by atoms with Crippen LogP contribution in [0.5, 0.6) is 0 Å². The number of aromatic nitrogens is 1. The van der Waals surface area contributed by atoms with E-state index in [0.29, 0.717) is 26.5 Å². The maximum absolute atomic E-state index is 12.7. The van der Waals surface area contributed by atoms with Gasteiger partial charge in [0.05, 0.1) is 17.7 Å². The summed E-state index contributed by atoms with van der Waals surface area (Å²) in [5.41, 5.74) is 1.13. The molecule has 0 unspecified atom stereocenters. The summed E-state index contributed by atoms with van der Waals surface area (Å²) in [6.45, 7) is 5.59. The minimum atomic E-state index is -0.597. The van der Waals surface area contributed by atoms with E-state index in [-0.39, 0.29) is 12.2 Å². The zero-order valence-electron chi connectivity index (χ0n) is 14.9. The first-order chi connectivity index (χ1) is 12.8. The van der Waals surface area contributed by atoms with Crippen molar-refractivity contribution in [1.82, 2.24) is 4.98 Å². The normalized spacial score (nSPS) is 10.8. The number of anilines is 1. The van der Waals surface area contributed by atoms with Crippen LogP contribution in [0.1, 0.15) is 38.1 Å². The summed E-state index contributed by atoms with van der Waals surface area (Å²) in [7, 11) is 0. The molecule has 0 saturated carbocycles. The molecule has 3 aromatic rings. The van der Waals surface area contributed by atoms with Gasteiger partial charge < -0.3 is 15.0 Å². The number of aryl methyl sites for hydroxylation is 1. The maximum atomic E-state index is 12.7. The average Bonchev–Trinajstić information content (AvgIpc) is 2.89. The number of hydrogen-bond acceptors (Lipinski definition) is 5. The Kier molecular flexibility index (Phi) is 5.34. The number of carbonyl (C=O) groups excluding carboxylic acids is 2. The van der Waals surface area contributed by atoms with Gasteiger partial charge in [0.15, 0.2) is 0 Å². The number of ether oxygens (including phenoxy) is 1. The third-order valence-corrected chi connectivity index (χ3v) is 5.54. The van der Waals surface area contributed by atoms with Crippen molar-refractivity contribution >= 4 is 50.7 Å². The third-order valence-electron chi connectivity index (χ3n) is 4.18. The van der Waals surface area contributed by atoms with Gasteiger partial charge in [0.1, 0.15) is 10.6 Å². The van der Waals surface area contributed by atoms with E-state index in [4.69, 9.17) is 16.3 Å². The van der Waals surface area contributed by atoms with Crippen molar-refractivity contribution in [1.29, 1.82) is 0 Å². The number of pyridine rings is 1. The largest absolute Gasteiger partial charge is 0.462 e. The highest BCUT2D eigenvalue weighted by Gasteiger charge is 2.23. The number of nitrogens with one attached hydrogen (secondary N) is 2. The molecule has 1 aromatic carbocycles. The van der Waals surface area contributed by atoms with Crippen molar-refractivity contribution in [3.63, 3.8) is 0 Å². The monoisotopic (exact) mass is 404 g/mol. The standard InChI is InChI=1S/C19H17ClN2O4S/c1-4-26-19(25)15-9(2)10(3)27-18(15)22-17(24)13-8-21-14-7-11(20)5-6-12(14)16(13)23/h5-8H,4H2,1-3H3,(H,21,23)(H,22,24). The number of esters is 1. The second-order valence-corrected chi connectivity index (χ2v) is 7.54. The van der Waals surface area contributed by atoms with Crippen molar-refractivity contribution < 1.29 is 14.3 Å². The molecule has 140 valence electrons. The molecule has 8 heteroatoms. The molecule has 0 saturated heterocycles. The topological polar surface area (TPSA) is 88.3 Å². The molecule has 0 aliphatic carbocycles. The SMILES string of the molecule is CCOC(=O)c1c(NC(=O)c2c[nH]c3cc(Cl)ccc3c2=O)sc(C)c1C. The Hall–Kier alpha value is -2.64. The van der Waals surface area contributed by atoms with Crippen LogP contribution in [0.2, 0.25) is 5.02 Å². The number of H-pyrrole nitrogens is 1. The predicted molar refractivity (Wildman–Crippen MR) is 107 cm³/mol. The minimum absolute atomic E-state index is 0.0525. The Labute approximate surface area is 164 Å². The molecule has 0 aliphatic rings. The molecule has 27 heavy (non-hydrogen) atoms. The predicted octanol–water partition coefficient (Wildman–Crippen LogP) is 4.29. The molecule has 2 aromatic heterocycles. The highest BCUT2D eigenvalue weighted by molar-refractivity contribution is 7.16. The van der Waals surface area contributed by atoms with Crippen molar-refractivity contribution in [3.8, 4) is 0 Å². The van der Waals surface area contributed by atoms with Crippen LogP contribution >= 0.6 is 22.9 Å². The molecule has 0 bridgehead atoms. The Morgan fingerprint density at radius 3 is 2.74 bits per heavy atom. The van der Waals surface area contributed by atoms with E-state index in [1.165, 1.54) is 17.5 Å². The van der Waals surface area contributed by atoms with E-state index in [9.17, 15) is 14.4 Å². The lowest BCUT2D eigenvalue weighted by Gasteiger charge is -2.08. The number of carbonyl (C=O) groups is 2. The van der Waals surface area contributed by atoms with Crippen LogP contribution in [-0.2, 0) is 4.74 Å². The molecule has 0 aliphatic heterocycles. The zero-order valence-corrected chi connectivity index (χ0v) is 16.5. The Morgan fingerprint density at radius 1 is 1.30 bits per heavy atom. The average molecular weight is 405 g/mol. The van der Waals surface area contributed by atoms with Gasteiger partial charge in [0.2, 0.25) is 5.43 Å². The van der Waals surface area contributed by atoms with Gasteiger partial charge in [-0.15, -0.1) is 11.3 Å². The molecule has 0 fully saturated rings. The Bertz CT molecular complexity index is 1120. The Balaban J connectivity index is 1.99. The highest BCUT2D eigenvalue weighted by atomic mass is 35.5. The van der Waals surface area contributed by atoms with E-state index >= 15 is 0 Å². The first-order valence-electron chi connectivity index (χ1n) is 8.22. The summed E-state index contributed by atoms with van der Waals surface area (Å²) < 4.78 is 5.08. The summed E-state index contributed by atoms with van der Waals surface area (Å²) >= 11 is 7.19. The van der Waals surface area contributed by atoms with E-state index < -0.39 is 17.3 Å². The maximum Gasteiger partial charge on any atom is 0.341 e. The summed E-state index contributed by atoms with van der Waals surface area (Å²) in [4.78, 5) is 41.4. The van der Waals surface area contributed by atoms with Crippen LogP contribution < -0.4 is 10.7 Å². The van der Waals surface area contributed by atoms with Crippen LogP contribution in [-0.4, -0.2) is 23.5 Å². The fourth-order valence-electron chi connectivity index (χ4n) is 2.70. The van der Waals surface area contributed by atoms with E-state index in [1.54, 1.807) is 32.0 Å². The first kappa shape index (κ1) is 19.1. The lowest BCUT2D eigenvalue weighted by molar-refractivity contribution is 0.0527. The second-order valence-electron chi connectivity index (χ2n) is 5.88. The molecule has 0 radical (unpaired) electrons. The minimum Gasteiger partial charge on any atom is -0.462 e. The molecular formula is C19H17ClN2O4S. The highest BCUT2D eigenvalue weighted by Crippen LogP contribution is 2.33. The van der Waals surface area contributed by atoms with E-state index in [1.807, 2.05) is 6.92 Å². The molecule has 1 amide bonds. The van der Waals surface area contributed by atoms with Crippen molar-refractivity contribution in [2.75, 3.05) is 11.9 Å². The van der Waals surface area contributed by atoms with Crippen molar-refractivity contribution in [2.24, 2.45) is 0 Å². The third kappa shape index (κ3) is 3.61. The molecule has 3 rings (SSSR count). The molecule has 2 heterocycles. The first-order valence-corrected chi connectivity index (χ1v) is 9.42. The van der Waals surface area contributed by atoms with Gasteiger partial charge in [-0.3, -0.25) is 9.59 Å². The van der Waals surface area contributed by atoms with Gasteiger partial charge in [-0.25, -0.2) is 4.79 Å². The van der Waals surface area contributed by atoms with Gasteiger partial charge in [-0.05, 0) is 44.5 Å². The van der Waals surface area contributed by atoms with Crippen molar-refractivity contribution in [3.05, 3.63) is 61.2 Å². The fraction of sp³-hybridized carbons (Fsp3) is 0.211. The van der Waals surface area contributed by atoms with Gasteiger partial charge in [-0.1, -0.05) is 11.6 Å². The quantitative estimate of drug-likeness (QED) is 0.635. The van der Waals surface area contributed by atoms with Gasteiger partial charge in [0, 0.05) is 21.5 Å². The van der Waals surface area contributed by atoms with Gasteiger partial charge >= 0.3 is 5.97 Å². The van der Waals surface area contributed by atoms with Crippen LogP contribution in [0, 0.1) is 13.8 Å². The number of aromatic amines is 1. The smallest absolute Gasteiger partial charge is 0.341 e. The summed E-state index contributed by atoms with van der Waals surface area (Å²) in [6.07, 6.45) is 1.34. The number of benzene rings is 1. The summed E-state index contributed by atoms with van der Waals surface area (Å²) in [6, 6.07) is 4.77. The summed E-state index contributed by atoms with van der Waals surface area (Å²) in [5, 5.41) is 3.89. The number of hydrogen-bond donors (Lipinski definition) is 2. The van der Waals surface area contributed by atoms with Gasteiger partial charge in [-0.2, -0.15) is 0 Å². The second kappa shape index (κ2) is 7.54. The van der Waals surface area contributed by atoms with Crippen LogP contribution in [0.3, 0.4) is 0 Å². The van der Waals surface area contributed by atoms with Crippen LogP contribution in [0.25, 0.3) is 10.9 Å². The molecule has 0 atom stereocenters. The zero-order chi connectivity index (χ0) is 19.7. The number of thiophene rings is 1. The molecule has 6 nitrogen and oxygen atoms in total. The van der Waals surface area contributed by atoms with Crippen LogP contribution in [0.4, 0.5) is 5.00 Å². The fourth-order valence-corrected chi connectivity index (χ4v) is 3.91. The van der Waals surface area contributed by atoms with E-state index in [2.05, 4.69) is 10.3 Å². The molecule has 2 N–H and O–H groups in total. The lowest BCUT2D eigenvalue weighted by Crippen LogP contribution is -2.22. The van der Waals surface area contributed by atoms with Crippen LogP contribution in [0.15, 0.2) is 29.2 Å². The van der Waals surface area contributed by atoms with Gasteiger partial charge in [0.25, 0.3) is 5.91 Å². The van der Waals surface area contributed by atoms with E-state index in [0.717, 1.165) is 10.4 Å². The van der Waals surface area contributed by atoms with Crippen molar-refractivity contribution in [2.45, 2.75) is 20.8 Å². The summed E-state index contributed by atoms with van der Waals surface area (Å²) in [5.74, 6) is -1.10. The number of fused-ring (bicyclic) bond motifs is 1.